The van der Waals surface area contributed by atoms with E-state index in [1.165, 1.54) is 6.20 Å². The molecule has 3 aromatic heterocycles. The molecule has 1 N–H and O–H groups in total. The summed E-state index contributed by atoms with van der Waals surface area (Å²) >= 11 is 0. The van der Waals surface area contributed by atoms with Crippen LogP contribution in [0.15, 0.2) is 24.5 Å². The van der Waals surface area contributed by atoms with Crippen LogP contribution < -0.4 is 10.2 Å². The predicted molar refractivity (Wildman–Crippen MR) is 120 cm³/mol. The molecule has 0 aliphatic carbocycles. The van der Waals surface area contributed by atoms with Crippen LogP contribution in [0.1, 0.15) is 24.5 Å². The maximum atomic E-state index is 14.3. The largest absolute Gasteiger partial charge is 0.378 e. The Labute approximate surface area is 186 Å². The number of morpholine rings is 1. The van der Waals surface area contributed by atoms with E-state index in [1.807, 2.05) is 22.8 Å². The van der Waals surface area contributed by atoms with Crippen molar-refractivity contribution in [2.24, 2.45) is 7.05 Å². The van der Waals surface area contributed by atoms with Crippen LogP contribution in [0.4, 0.5) is 16.2 Å². The van der Waals surface area contributed by atoms with Gasteiger partial charge < -0.3 is 19.9 Å². The Hall–Kier alpha value is -2.85. The van der Waals surface area contributed by atoms with Crippen molar-refractivity contribution in [1.29, 1.82) is 0 Å². The summed E-state index contributed by atoms with van der Waals surface area (Å²) in [5.41, 5.74) is 2.05. The number of fused-ring (bicyclic) bond motifs is 1. The highest BCUT2D eigenvalue weighted by Gasteiger charge is 2.23. The van der Waals surface area contributed by atoms with E-state index in [9.17, 15) is 4.39 Å². The van der Waals surface area contributed by atoms with Crippen LogP contribution >= 0.6 is 0 Å². The molecule has 10 heteroatoms. The van der Waals surface area contributed by atoms with Crippen molar-refractivity contribution in [3.8, 4) is 0 Å². The molecule has 1 atom stereocenters. The molecule has 32 heavy (non-hydrogen) atoms. The minimum atomic E-state index is -0.424. The van der Waals surface area contributed by atoms with E-state index in [0.29, 0.717) is 31.6 Å². The van der Waals surface area contributed by atoms with Crippen LogP contribution in [0, 0.1) is 5.82 Å². The van der Waals surface area contributed by atoms with Crippen molar-refractivity contribution in [2.75, 3.05) is 62.7 Å². The van der Waals surface area contributed by atoms with Gasteiger partial charge in [0.2, 0.25) is 5.95 Å². The van der Waals surface area contributed by atoms with E-state index < -0.39 is 5.82 Å². The molecule has 0 saturated carbocycles. The highest BCUT2D eigenvalue weighted by molar-refractivity contribution is 5.74. The number of likely N-dealkylation sites (tertiary alicyclic amines) is 1. The van der Waals surface area contributed by atoms with Gasteiger partial charge in [-0.3, -0.25) is 4.68 Å². The van der Waals surface area contributed by atoms with Gasteiger partial charge in [-0.05, 0) is 31.5 Å². The Bertz CT molecular complexity index is 1070. The number of aryl methyl sites for hydroxylation is 1. The third kappa shape index (κ3) is 4.51. The number of nitrogens with zero attached hydrogens (tertiary/aromatic N) is 7. The first kappa shape index (κ1) is 21.0. The van der Waals surface area contributed by atoms with Gasteiger partial charge in [-0.2, -0.15) is 10.1 Å². The molecule has 3 aromatic rings. The number of aromatic nitrogens is 5. The van der Waals surface area contributed by atoms with E-state index >= 15 is 0 Å². The Balaban J connectivity index is 1.18. The lowest BCUT2D eigenvalue weighted by molar-refractivity contribution is 0.122. The van der Waals surface area contributed by atoms with Crippen LogP contribution in [0.2, 0.25) is 0 Å². The van der Waals surface area contributed by atoms with Crippen LogP contribution in [-0.4, -0.2) is 82.1 Å². The lowest BCUT2D eigenvalue weighted by Gasteiger charge is -2.32. The first-order valence-corrected chi connectivity index (χ1v) is 11.3. The number of hydrogen-bond donors (Lipinski definition) is 1. The molecule has 2 aliphatic heterocycles. The van der Waals surface area contributed by atoms with E-state index in [2.05, 4.69) is 37.4 Å². The summed E-state index contributed by atoms with van der Waals surface area (Å²) in [6.45, 7) is 6.15. The maximum Gasteiger partial charge on any atom is 0.227 e. The average molecular weight is 441 g/mol. The fourth-order valence-corrected chi connectivity index (χ4v) is 4.49. The minimum Gasteiger partial charge on any atom is -0.378 e. The number of halogens is 1. The maximum absolute atomic E-state index is 14.3. The normalized spacial score (nSPS) is 20.1. The Morgan fingerprint density at radius 1 is 1.16 bits per heavy atom. The van der Waals surface area contributed by atoms with Crippen LogP contribution in [-0.2, 0) is 11.8 Å². The number of nitrogens with one attached hydrogen (secondary N) is 1. The zero-order valence-electron chi connectivity index (χ0n) is 18.4. The molecule has 5 heterocycles. The molecule has 2 fully saturated rings. The molecule has 5 rings (SSSR count). The Kier molecular flexibility index (Phi) is 6.13. The second kappa shape index (κ2) is 9.33. The van der Waals surface area contributed by atoms with Crippen molar-refractivity contribution in [2.45, 2.75) is 18.8 Å². The average Bonchev–Trinajstić information content (AvgIpc) is 3.21. The molecular formula is C22H29FN8O. The van der Waals surface area contributed by atoms with Gasteiger partial charge in [0.05, 0.1) is 25.6 Å². The van der Waals surface area contributed by atoms with Crippen molar-refractivity contribution < 1.29 is 9.13 Å². The summed E-state index contributed by atoms with van der Waals surface area (Å²) in [6.07, 6.45) is 5.35. The minimum absolute atomic E-state index is 0.262. The second-order valence-corrected chi connectivity index (χ2v) is 8.45. The van der Waals surface area contributed by atoms with Gasteiger partial charge in [-0.15, -0.1) is 0 Å². The van der Waals surface area contributed by atoms with Gasteiger partial charge in [0, 0.05) is 56.8 Å². The summed E-state index contributed by atoms with van der Waals surface area (Å²) < 4.78 is 21.5. The van der Waals surface area contributed by atoms with Gasteiger partial charge in [0.15, 0.2) is 17.3 Å². The fraction of sp³-hybridized carbons (Fsp3) is 0.545. The number of ether oxygens (including phenoxy) is 1. The van der Waals surface area contributed by atoms with E-state index in [-0.39, 0.29) is 5.82 Å². The fourth-order valence-electron chi connectivity index (χ4n) is 4.49. The summed E-state index contributed by atoms with van der Waals surface area (Å²) in [4.78, 5) is 17.9. The molecule has 9 nitrogen and oxygen atoms in total. The van der Waals surface area contributed by atoms with Crippen molar-refractivity contribution in [3.63, 3.8) is 0 Å². The van der Waals surface area contributed by atoms with Crippen LogP contribution in [0.25, 0.3) is 11.0 Å². The standard InChI is InChI=1S/C22H29FN8O/c1-29-21-16(13-26-29)4-5-19(27-21)17-3-2-7-30(15-17)8-6-24-20-18(23)14-25-22(28-20)31-9-11-32-12-10-31/h4-5,13-14,17H,2-3,6-12,15H2,1H3,(H,24,25,28). The smallest absolute Gasteiger partial charge is 0.227 e. The van der Waals surface area contributed by atoms with Crippen molar-refractivity contribution in [1.82, 2.24) is 29.6 Å². The van der Waals surface area contributed by atoms with Gasteiger partial charge in [-0.25, -0.2) is 14.4 Å². The quantitative estimate of drug-likeness (QED) is 0.623. The molecule has 0 spiro atoms. The topological polar surface area (TPSA) is 84.2 Å². The van der Waals surface area contributed by atoms with Crippen LogP contribution in [0.5, 0.6) is 0 Å². The molecule has 2 aliphatic rings. The molecular weight excluding hydrogens is 411 g/mol. The SMILES string of the molecule is Cn1ncc2ccc(C3CCCN(CCNc4nc(N5CCOCC5)ncc4F)C3)nc21. The van der Waals surface area contributed by atoms with Gasteiger partial charge in [-0.1, -0.05) is 0 Å². The number of piperidine rings is 1. The van der Waals surface area contributed by atoms with Gasteiger partial charge in [0.1, 0.15) is 0 Å². The summed E-state index contributed by atoms with van der Waals surface area (Å²) in [7, 11) is 1.93. The third-order valence-electron chi connectivity index (χ3n) is 6.27. The molecule has 0 radical (unpaired) electrons. The van der Waals surface area contributed by atoms with Crippen LogP contribution in [0.3, 0.4) is 0 Å². The molecule has 0 bridgehead atoms. The number of pyridine rings is 1. The highest BCUT2D eigenvalue weighted by Crippen LogP contribution is 2.27. The van der Waals surface area contributed by atoms with Crippen molar-refractivity contribution >= 4 is 22.8 Å². The summed E-state index contributed by atoms with van der Waals surface area (Å²) in [5, 5.41) is 8.53. The van der Waals surface area contributed by atoms with Gasteiger partial charge in [0.25, 0.3) is 0 Å². The Morgan fingerprint density at radius 3 is 2.91 bits per heavy atom. The van der Waals surface area contributed by atoms with E-state index in [4.69, 9.17) is 9.72 Å². The first-order chi connectivity index (χ1) is 15.7. The highest BCUT2D eigenvalue weighted by atomic mass is 19.1. The first-order valence-electron chi connectivity index (χ1n) is 11.3. The van der Waals surface area contributed by atoms with Crippen molar-refractivity contribution in [3.05, 3.63) is 36.0 Å². The summed E-state index contributed by atoms with van der Waals surface area (Å²) in [6, 6.07) is 4.23. The molecule has 0 amide bonds. The molecule has 170 valence electrons. The molecule has 2 saturated heterocycles. The van der Waals surface area contributed by atoms with E-state index in [0.717, 1.165) is 62.3 Å². The predicted octanol–water partition coefficient (Wildman–Crippen LogP) is 2.03. The molecule has 1 unspecified atom stereocenters. The number of rotatable bonds is 6. The summed E-state index contributed by atoms with van der Waals surface area (Å²) in [5.74, 6) is 0.782. The van der Waals surface area contributed by atoms with Gasteiger partial charge >= 0.3 is 0 Å². The number of hydrogen-bond acceptors (Lipinski definition) is 8. The molecule has 0 aromatic carbocycles. The lowest BCUT2D eigenvalue weighted by Crippen LogP contribution is -2.38. The van der Waals surface area contributed by atoms with E-state index in [1.54, 1.807) is 0 Å². The monoisotopic (exact) mass is 440 g/mol. The Morgan fingerprint density at radius 2 is 2.03 bits per heavy atom. The third-order valence-corrected chi connectivity index (χ3v) is 6.27. The zero-order valence-corrected chi connectivity index (χ0v) is 18.4. The second-order valence-electron chi connectivity index (χ2n) is 8.45. The lowest BCUT2D eigenvalue weighted by atomic mass is 9.94. The number of anilines is 2. The zero-order chi connectivity index (χ0) is 21.9.